The number of benzene rings is 1. The number of hydrogen-bond acceptors (Lipinski definition) is 3. The molecule has 2 aromatic heterocycles. The second-order valence-corrected chi connectivity index (χ2v) is 7.76. The van der Waals surface area contributed by atoms with Gasteiger partial charge in [0.05, 0.1) is 23.3 Å². The molecule has 0 radical (unpaired) electrons. The molecule has 0 fully saturated rings. The highest BCUT2D eigenvalue weighted by atomic mass is 16.3. The number of hydrogen-bond donors (Lipinski definition) is 1. The Balaban J connectivity index is 1.62. The van der Waals surface area contributed by atoms with E-state index in [1.807, 2.05) is 25.1 Å². The van der Waals surface area contributed by atoms with Crippen molar-refractivity contribution >= 4 is 16.9 Å². The van der Waals surface area contributed by atoms with Crippen molar-refractivity contribution in [2.75, 3.05) is 0 Å². The molecule has 0 saturated heterocycles. The van der Waals surface area contributed by atoms with Crippen molar-refractivity contribution in [1.29, 1.82) is 0 Å². The number of fused-ring (bicyclic) bond motifs is 1. The fourth-order valence-corrected chi connectivity index (χ4v) is 3.80. The topological polar surface area (TPSA) is 60.1 Å². The Labute approximate surface area is 173 Å². The molecule has 1 amide bonds. The van der Waals surface area contributed by atoms with Crippen molar-refractivity contribution in [2.45, 2.75) is 77.8 Å². The number of amides is 1. The van der Waals surface area contributed by atoms with E-state index < -0.39 is 0 Å². The molecule has 5 nitrogen and oxygen atoms in total. The fourth-order valence-electron chi connectivity index (χ4n) is 3.80. The average Bonchev–Trinajstić information content (AvgIpc) is 3.38. The molecule has 1 unspecified atom stereocenters. The quantitative estimate of drug-likeness (QED) is 0.368. The number of para-hydroxylation sites is 2. The minimum atomic E-state index is -0.215. The van der Waals surface area contributed by atoms with Gasteiger partial charge in [0.2, 0.25) is 0 Å². The van der Waals surface area contributed by atoms with Crippen LogP contribution in [0.15, 0.2) is 47.1 Å². The molecule has 1 N–H and O–H groups in total. The number of imidazole rings is 1. The van der Waals surface area contributed by atoms with Crippen molar-refractivity contribution in [2.24, 2.45) is 0 Å². The van der Waals surface area contributed by atoms with Gasteiger partial charge in [0.1, 0.15) is 5.82 Å². The standard InChI is InChI=1S/C24H33N3O2/c1-3-4-5-6-7-8-9-12-17-27-21-15-11-10-14-20(21)26-23(27)19(2)25-24(28)22-16-13-18-29-22/h10-11,13-16,18-19H,3-9,12,17H2,1-2H3,(H,25,28). The number of unbranched alkanes of at least 4 members (excludes halogenated alkanes) is 7. The smallest absolute Gasteiger partial charge is 0.287 e. The molecule has 1 atom stereocenters. The lowest BCUT2D eigenvalue weighted by atomic mass is 10.1. The summed E-state index contributed by atoms with van der Waals surface area (Å²) in [5.74, 6) is 1.00. The lowest BCUT2D eigenvalue weighted by Gasteiger charge is -2.16. The maximum atomic E-state index is 12.4. The summed E-state index contributed by atoms with van der Waals surface area (Å²) in [6.07, 6.45) is 11.8. The molecule has 29 heavy (non-hydrogen) atoms. The zero-order valence-corrected chi connectivity index (χ0v) is 17.7. The van der Waals surface area contributed by atoms with E-state index in [-0.39, 0.29) is 11.9 Å². The molecule has 0 spiro atoms. The van der Waals surface area contributed by atoms with Crippen LogP contribution in [0.4, 0.5) is 0 Å². The SMILES string of the molecule is CCCCCCCCCCn1c(C(C)NC(=O)c2ccco2)nc2ccccc21. The number of furan rings is 1. The third kappa shape index (κ3) is 5.72. The molecule has 156 valence electrons. The summed E-state index contributed by atoms with van der Waals surface area (Å²) in [6, 6.07) is 11.4. The first-order chi connectivity index (χ1) is 14.2. The van der Waals surface area contributed by atoms with E-state index in [1.54, 1.807) is 12.1 Å². The maximum absolute atomic E-state index is 12.4. The van der Waals surface area contributed by atoms with Gasteiger partial charge in [0, 0.05) is 6.54 Å². The summed E-state index contributed by atoms with van der Waals surface area (Å²) in [5, 5.41) is 3.01. The van der Waals surface area contributed by atoms with Crippen molar-refractivity contribution in [1.82, 2.24) is 14.9 Å². The summed E-state index contributed by atoms with van der Waals surface area (Å²) < 4.78 is 7.47. The van der Waals surface area contributed by atoms with E-state index in [0.717, 1.165) is 29.8 Å². The first-order valence-electron chi connectivity index (χ1n) is 11.0. The zero-order valence-electron chi connectivity index (χ0n) is 17.7. The molecule has 0 aliphatic rings. The minimum absolute atomic E-state index is 0.200. The summed E-state index contributed by atoms with van der Waals surface area (Å²) >= 11 is 0. The monoisotopic (exact) mass is 395 g/mol. The van der Waals surface area contributed by atoms with E-state index >= 15 is 0 Å². The predicted octanol–water partition coefficient (Wildman–Crippen LogP) is 6.26. The minimum Gasteiger partial charge on any atom is -0.459 e. The van der Waals surface area contributed by atoms with Crippen LogP contribution in [-0.4, -0.2) is 15.5 Å². The van der Waals surface area contributed by atoms with Gasteiger partial charge in [-0.2, -0.15) is 0 Å². The number of aryl methyl sites for hydroxylation is 1. The van der Waals surface area contributed by atoms with E-state index in [1.165, 1.54) is 51.2 Å². The Morgan fingerprint density at radius 2 is 1.76 bits per heavy atom. The summed E-state index contributed by atoms with van der Waals surface area (Å²) in [6.45, 7) is 5.16. The van der Waals surface area contributed by atoms with Crippen LogP contribution in [0, 0.1) is 0 Å². The van der Waals surface area contributed by atoms with Gasteiger partial charge in [-0.3, -0.25) is 4.79 Å². The van der Waals surface area contributed by atoms with E-state index in [2.05, 4.69) is 22.9 Å². The fraction of sp³-hybridized carbons (Fsp3) is 0.500. The largest absolute Gasteiger partial charge is 0.459 e. The van der Waals surface area contributed by atoms with Gasteiger partial charge in [-0.1, -0.05) is 64.0 Å². The maximum Gasteiger partial charge on any atom is 0.287 e. The van der Waals surface area contributed by atoms with Gasteiger partial charge >= 0.3 is 0 Å². The molecular weight excluding hydrogens is 362 g/mol. The molecule has 0 aliphatic carbocycles. The number of carbonyl (C=O) groups is 1. The summed E-state index contributed by atoms with van der Waals surface area (Å²) in [5.41, 5.74) is 2.10. The van der Waals surface area contributed by atoms with Crippen LogP contribution in [0.25, 0.3) is 11.0 Å². The van der Waals surface area contributed by atoms with Crippen LogP contribution in [0.3, 0.4) is 0 Å². The molecule has 3 rings (SSSR count). The van der Waals surface area contributed by atoms with Crippen LogP contribution < -0.4 is 5.32 Å². The third-order valence-electron chi connectivity index (χ3n) is 5.40. The van der Waals surface area contributed by atoms with Crippen molar-refractivity contribution < 1.29 is 9.21 Å². The first-order valence-corrected chi connectivity index (χ1v) is 11.0. The molecule has 0 saturated carbocycles. The number of nitrogens with one attached hydrogen (secondary N) is 1. The van der Waals surface area contributed by atoms with Crippen LogP contribution in [0.2, 0.25) is 0 Å². The summed E-state index contributed by atoms with van der Waals surface area (Å²) in [7, 11) is 0. The Morgan fingerprint density at radius 1 is 1.03 bits per heavy atom. The van der Waals surface area contributed by atoms with Crippen LogP contribution in [0.5, 0.6) is 0 Å². The van der Waals surface area contributed by atoms with Gasteiger partial charge in [0.15, 0.2) is 5.76 Å². The van der Waals surface area contributed by atoms with Gasteiger partial charge in [-0.15, -0.1) is 0 Å². The molecule has 1 aromatic carbocycles. The highest BCUT2D eigenvalue weighted by Gasteiger charge is 2.19. The molecule has 5 heteroatoms. The normalized spacial score (nSPS) is 12.3. The van der Waals surface area contributed by atoms with Crippen molar-refractivity contribution in [3.63, 3.8) is 0 Å². The summed E-state index contributed by atoms with van der Waals surface area (Å²) in [4.78, 5) is 17.2. The third-order valence-corrected chi connectivity index (χ3v) is 5.40. The molecule has 0 bridgehead atoms. The van der Waals surface area contributed by atoms with Gasteiger partial charge in [-0.25, -0.2) is 4.98 Å². The Hall–Kier alpha value is -2.56. The van der Waals surface area contributed by atoms with Gasteiger partial charge in [0.25, 0.3) is 5.91 Å². The molecule has 3 aromatic rings. The molecular formula is C24H33N3O2. The number of rotatable bonds is 12. The van der Waals surface area contributed by atoms with Gasteiger partial charge in [-0.05, 0) is 37.6 Å². The van der Waals surface area contributed by atoms with Gasteiger partial charge < -0.3 is 14.3 Å². The average molecular weight is 396 g/mol. The number of aromatic nitrogens is 2. The van der Waals surface area contributed by atoms with Crippen LogP contribution >= 0.6 is 0 Å². The van der Waals surface area contributed by atoms with E-state index in [4.69, 9.17) is 9.40 Å². The van der Waals surface area contributed by atoms with Crippen molar-refractivity contribution in [3.05, 3.63) is 54.2 Å². The lowest BCUT2D eigenvalue weighted by Crippen LogP contribution is -2.28. The molecule has 2 heterocycles. The Bertz CT molecular complexity index is 883. The van der Waals surface area contributed by atoms with E-state index in [0.29, 0.717) is 5.76 Å². The Morgan fingerprint density at radius 3 is 2.48 bits per heavy atom. The second-order valence-electron chi connectivity index (χ2n) is 7.76. The lowest BCUT2D eigenvalue weighted by molar-refractivity contribution is 0.0909. The highest BCUT2D eigenvalue weighted by molar-refractivity contribution is 5.91. The predicted molar refractivity (Wildman–Crippen MR) is 117 cm³/mol. The first kappa shape index (κ1) is 21.2. The number of carbonyl (C=O) groups excluding carboxylic acids is 1. The van der Waals surface area contributed by atoms with Crippen molar-refractivity contribution in [3.8, 4) is 0 Å². The second kappa shape index (κ2) is 10.8. The number of nitrogens with zero attached hydrogens (tertiary/aromatic N) is 2. The van der Waals surface area contributed by atoms with Crippen LogP contribution in [0.1, 0.15) is 87.6 Å². The zero-order chi connectivity index (χ0) is 20.5. The molecule has 0 aliphatic heterocycles. The van der Waals surface area contributed by atoms with Crippen LogP contribution in [-0.2, 0) is 6.54 Å². The van der Waals surface area contributed by atoms with E-state index in [9.17, 15) is 4.79 Å². The Kier molecular flexibility index (Phi) is 7.91. The highest BCUT2D eigenvalue weighted by Crippen LogP contribution is 2.22.